The summed E-state index contributed by atoms with van der Waals surface area (Å²) in [7, 11) is 0. The van der Waals surface area contributed by atoms with E-state index in [1.165, 1.54) is 0 Å². The molecule has 0 heterocycles. The lowest BCUT2D eigenvalue weighted by molar-refractivity contribution is 0.0706. The number of fused-ring (bicyclic) bond motifs is 1. The fourth-order valence-corrected chi connectivity index (χ4v) is 3.99. The number of carbonyl (C=O) groups excluding carboxylic acids is 2. The molecule has 0 bridgehead atoms. The Hall–Kier alpha value is -3.12. The number of amides is 1. The molecule has 1 aliphatic rings. The van der Waals surface area contributed by atoms with Gasteiger partial charge in [0.1, 0.15) is 12.4 Å². The van der Waals surface area contributed by atoms with Gasteiger partial charge in [0.25, 0.3) is 5.91 Å². The fraction of sp³-hybridized carbons (Fsp3) is 0.0833. The minimum Gasteiger partial charge on any atom is -0.489 e. The summed E-state index contributed by atoms with van der Waals surface area (Å²) in [6.45, 7) is 0.303. The first-order valence-electron chi connectivity index (χ1n) is 9.43. The van der Waals surface area contributed by atoms with Crippen LogP contribution in [-0.2, 0) is 13.0 Å². The van der Waals surface area contributed by atoms with E-state index in [9.17, 15) is 9.59 Å². The summed E-state index contributed by atoms with van der Waals surface area (Å²) in [5.41, 5.74) is 5.82. The van der Waals surface area contributed by atoms with Gasteiger partial charge in [0.2, 0.25) is 0 Å². The Morgan fingerprint density at radius 3 is 2.42 bits per heavy atom. The Kier molecular flexibility index (Phi) is 6.09. The summed E-state index contributed by atoms with van der Waals surface area (Å²) in [6.07, 6.45) is 2.31. The maximum atomic E-state index is 12.7. The van der Waals surface area contributed by atoms with Crippen LogP contribution in [0.2, 0.25) is 10.0 Å². The van der Waals surface area contributed by atoms with E-state index < -0.39 is 5.91 Å². The van der Waals surface area contributed by atoms with Crippen molar-refractivity contribution in [3.8, 4) is 5.75 Å². The molecule has 31 heavy (non-hydrogen) atoms. The highest BCUT2D eigenvalue weighted by Gasteiger charge is 2.25. The van der Waals surface area contributed by atoms with Crippen LogP contribution in [0.4, 0.5) is 0 Å². The Labute approximate surface area is 188 Å². The van der Waals surface area contributed by atoms with E-state index in [1.807, 2.05) is 12.1 Å². The molecule has 0 radical (unpaired) electrons. The molecule has 0 saturated heterocycles. The van der Waals surface area contributed by atoms with Crippen LogP contribution in [-0.4, -0.2) is 16.9 Å². The number of nitrogens with one attached hydrogen (secondary N) is 1. The molecule has 5 nitrogen and oxygen atoms in total. The number of ketones is 1. The maximum Gasteiger partial charge on any atom is 0.274 e. The maximum absolute atomic E-state index is 12.7. The number of hydroxylamine groups is 1. The molecule has 0 saturated carbocycles. The van der Waals surface area contributed by atoms with Gasteiger partial charge >= 0.3 is 0 Å². The van der Waals surface area contributed by atoms with Gasteiger partial charge < -0.3 is 4.74 Å². The second kappa shape index (κ2) is 8.94. The smallest absolute Gasteiger partial charge is 0.274 e. The monoisotopic (exact) mass is 453 g/mol. The van der Waals surface area contributed by atoms with E-state index in [4.69, 9.17) is 33.1 Å². The fourth-order valence-electron chi connectivity index (χ4n) is 3.45. The third-order valence-corrected chi connectivity index (χ3v) is 5.38. The first-order valence-corrected chi connectivity index (χ1v) is 10.2. The zero-order valence-corrected chi connectivity index (χ0v) is 17.7. The van der Waals surface area contributed by atoms with Gasteiger partial charge in [-0.2, -0.15) is 0 Å². The second-order valence-corrected chi connectivity index (χ2v) is 8.00. The summed E-state index contributed by atoms with van der Waals surface area (Å²) in [6, 6.07) is 17.3. The standard InChI is InChI=1S/C24H17Cl2NO4/c25-19-8-15(9-20(26)12-19)7-18-10-17-11-21(5-6-22(17)23(18)28)31-13-14-1-3-16(4-2-14)24(29)27-30/h1-9,11-12,30H,10,13H2,(H,27,29)/b18-7+. The molecule has 0 aliphatic heterocycles. The molecular formula is C24H17Cl2NO4. The van der Waals surface area contributed by atoms with Crippen LogP contribution in [0.1, 0.15) is 37.4 Å². The summed E-state index contributed by atoms with van der Waals surface area (Å²) in [5, 5.41) is 9.70. The lowest BCUT2D eigenvalue weighted by Gasteiger charge is -2.08. The number of allylic oxidation sites excluding steroid dienone is 1. The number of Topliss-reactive ketones (excluding diaryl/α,β-unsaturated/α-hetero) is 1. The van der Waals surface area contributed by atoms with Gasteiger partial charge in [0.05, 0.1) is 0 Å². The van der Waals surface area contributed by atoms with Crippen molar-refractivity contribution >= 4 is 41.0 Å². The quantitative estimate of drug-likeness (QED) is 0.303. The van der Waals surface area contributed by atoms with E-state index in [2.05, 4.69) is 0 Å². The topological polar surface area (TPSA) is 75.6 Å². The zero-order chi connectivity index (χ0) is 22.0. The van der Waals surface area contributed by atoms with Crippen LogP contribution in [0.5, 0.6) is 5.75 Å². The number of carbonyl (C=O) groups is 2. The molecule has 4 rings (SSSR count). The molecule has 0 unspecified atom stereocenters. The van der Waals surface area contributed by atoms with E-state index in [0.29, 0.717) is 45.5 Å². The third kappa shape index (κ3) is 4.80. The van der Waals surface area contributed by atoms with E-state index >= 15 is 0 Å². The molecule has 0 spiro atoms. The predicted molar refractivity (Wildman–Crippen MR) is 119 cm³/mol. The van der Waals surface area contributed by atoms with Gasteiger partial charge in [-0.1, -0.05) is 35.3 Å². The highest BCUT2D eigenvalue weighted by molar-refractivity contribution is 6.34. The number of hydrogen-bond acceptors (Lipinski definition) is 4. The van der Waals surface area contributed by atoms with Gasteiger partial charge in [0, 0.05) is 33.2 Å². The molecule has 0 fully saturated rings. The lowest BCUT2D eigenvalue weighted by Crippen LogP contribution is -2.18. The number of rotatable bonds is 5. The molecule has 1 amide bonds. The van der Waals surface area contributed by atoms with Crippen LogP contribution in [0, 0.1) is 0 Å². The first-order chi connectivity index (χ1) is 14.9. The van der Waals surface area contributed by atoms with Gasteiger partial charge in [-0.05, 0) is 71.3 Å². The van der Waals surface area contributed by atoms with Crippen LogP contribution in [0.3, 0.4) is 0 Å². The molecular weight excluding hydrogens is 437 g/mol. The van der Waals surface area contributed by atoms with Crippen LogP contribution >= 0.6 is 23.2 Å². The average molecular weight is 454 g/mol. The molecule has 156 valence electrons. The van der Waals surface area contributed by atoms with Crippen molar-refractivity contribution in [2.45, 2.75) is 13.0 Å². The van der Waals surface area contributed by atoms with Crippen molar-refractivity contribution in [3.63, 3.8) is 0 Å². The first kappa shape index (κ1) is 21.1. The summed E-state index contributed by atoms with van der Waals surface area (Å²) in [5.74, 6) is 0.0610. The third-order valence-electron chi connectivity index (χ3n) is 4.94. The predicted octanol–water partition coefficient (Wildman–Crippen LogP) is 5.51. The Morgan fingerprint density at radius 1 is 1.03 bits per heavy atom. The highest BCUT2D eigenvalue weighted by Crippen LogP contribution is 2.32. The average Bonchev–Trinajstić information content (AvgIpc) is 3.06. The van der Waals surface area contributed by atoms with Crippen LogP contribution in [0.25, 0.3) is 6.08 Å². The number of halogens is 2. The summed E-state index contributed by atoms with van der Waals surface area (Å²) >= 11 is 12.1. The van der Waals surface area contributed by atoms with Gasteiger partial charge in [-0.15, -0.1) is 0 Å². The van der Waals surface area contributed by atoms with Gasteiger partial charge in [-0.3, -0.25) is 14.8 Å². The van der Waals surface area contributed by atoms with Crippen molar-refractivity contribution < 1.29 is 19.5 Å². The number of ether oxygens (including phenoxy) is 1. The van der Waals surface area contributed by atoms with Crippen molar-refractivity contribution in [1.82, 2.24) is 5.48 Å². The van der Waals surface area contributed by atoms with Crippen LogP contribution < -0.4 is 10.2 Å². The molecule has 0 atom stereocenters. The number of hydrogen-bond donors (Lipinski definition) is 2. The van der Waals surface area contributed by atoms with Crippen molar-refractivity contribution in [1.29, 1.82) is 0 Å². The molecule has 0 aromatic heterocycles. The van der Waals surface area contributed by atoms with Crippen molar-refractivity contribution in [3.05, 3.63) is 104 Å². The number of benzene rings is 3. The SMILES string of the molecule is O=C(NO)c1ccc(COc2ccc3c(c2)C/C(=C\c2cc(Cl)cc(Cl)c2)C3=O)cc1. The largest absolute Gasteiger partial charge is 0.489 e. The van der Waals surface area contributed by atoms with E-state index in [0.717, 1.165) is 16.7 Å². The Morgan fingerprint density at radius 2 is 1.74 bits per heavy atom. The minimum atomic E-state index is -0.570. The molecule has 2 N–H and O–H groups in total. The van der Waals surface area contributed by atoms with Crippen molar-refractivity contribution in [2.24, 2.45) is 0 Å². The molecule has 7 heteroatoms. The van der Waals surface area contributed by atoms with Crippen LogP contribution in [0.15, 0.2) is 66.2 Å². The van der Waals surface area contributed by atoms with Crippen molar-refractivity contribution in [2.75, 3.05) is 0 Å². The highest BCUT2D eigenvalue weighted by atomic mass is 35.5. The van der Waals surface area contributed by atoms with E-state index in [-0.39, 0.29) is 5.78 Å². The van der Waals surface area contributed by atoms with Gasteiger partial charge in [0.15, 0.2) is 5.78 Å². The Bertz CT molecular complexity index is 1180. The van der Waals surface area contributed by atoms with E-state index in [1.54, 1.807) is 60.1 Å². The molecule has 3 aromatic rings. The summed E-state index contributed by atoms with van der Waals surface area (Å²) < 4.78 is 5.85. The van der Waals surface area contributed by atoms with Gasteiger partial charge in [-0.25, -0.2) is 5.48 Å². The lowest BCUT2D eigenvalue weighted by atomic mass is 10.1. The minimum absolute atomic E-state index is 0.0182. The normalized spacial score (nSPS) is 13.9. The second-order valence-electron chi connectivity index (χ2n) is 7.12. The molecule has 3 aromatic carbocycles. The summed E-state index contributed by atoms with van der Waals surface area (Å²) in [4.78, 5) is 24.1. The Balaban J connectivity index is 1.47. The molecule has 1 aliphatic carbocycles. The zero-order valence-electron chi connectivity index (χ0n) is 16.2.